The molecule has 0 aliphatic rings. The molecule has 0 bridgehead atoms. The Balaban J connectivity index is 1.50. The van der Waals surface area contributed by atoms with Crippen molar-refractivity contribution >= 4 is 11.6 Å². The van der Waals surface area contributed by atoms with Crippen molar-refractivity contribution in [1.29, 1.82) is 0 Å². The lowest BCUT2D eigenvalue weighted by atomic mass is 10.2. The monoisotopic (exact) mass is 375 g/mol. The Morgan fingerprint density at radius 2 is 1.81 bits per heavy atom. The molecule has 0 saturated carbocycles. The van der Waals surface area contributed by atoms with Crippen molar-refractivity contribution in [2.45, 2.75) is 25.4 Å². The maximum Gasteiger partial charge on any atom is 0.416 e. The standard InChI is InChI=1S/C19H16F3N3O2/c20-19(21,22)14-8-4-9-15(12-14)23-16(26)10-5-11-17-24-25-18(27-17)13-6-2-1-3-7-13/h1-4,6-9,12H,5,10-11H2,(H,23,26). The predicted octanol–water partition coefficient (Wildman–Crippen LogP) is 4.72. The third kappa shape index (κ3) is 5.16. The van der Waals surface area contributed by atoms with Crippen LogP contribution in [0.4, 0.5) is 18.9 Å². The first-order valence-corrected chi connectivity index (χ1v) is 8.27. The molecular weight excluding hydrogens is 359 g/mol. The smallest absolute Gasteiger partial charge is 0.416 e. The van der Waals surface area contributed by atoms with E-state index in [2.05, 4.69) is 15.5 Å². The number of hydrogen-bond acceptors (Lipinski definition) is 4. The zero-order chi connectivity index (χ0) is 19.3. The topological polar surface area (TPSA) is 68.0 Å². The maximum absolute atomic E-state index is 12.7. The summed E-state index contributed by atoms with van der Waals surface area (Å²) < 4.78 is 43.6. The first-order valence-electron chi connectivity index (χ1n) is 8.27. The molecule has 2 aromatic carbocycles. The van der Waals surface area contributed by atoms with Gasteiger partial charge in [-0.1, -0.05) is 24.3 Å². The van der Waals surface area contributed by atoms with Gasteiger partial charge in [-0.3, -0.25) is 4.79 Å². The minimum atomic E-state index is -4.45. The summed E-state index contributed by atoms with van der Waals surface area (Å²) >= 11 is 0. The van der Waals surface area contributed by atoms with E-state index in [-0.39, 0.29) is 18.0 Å². The fraction of sp³-hybridized carbons (Fsp3) is 0.211. The molecule has 0 atom stereocenters. The van der Waals surface area contributed by atoms with Crippen LogP contribution in [-0.2, 0) is 17.4 Å². The van der Waals surface area contributed by atoms with Gasteiger partial charge in [0.05, 0.1) is 5.56 Å². The van der Waals surface area contributed by atoms with Gasteiger partial charge >= 0.3 is 6.18 Å². The van der Waals surface area contributed by atoms with E-state index in [0.29, 0.717) is 24.6 Å². The lowest BCUT2D eigenvalue weighted by molar-refractivity contribution is -0.137. The first-order chi connectivity index (χ1) is 12.9. The number of aromatic nitrogens is 2. The summed E-state index contributed by atoms with van der Waals surface area (Å²) in [7, 11) is 0. The van der Waals surface area contributed by atoms with Crippen molar-refractivity contribution in [2.24, 2.45) is 0 Å². The molecule has 0 aliphatic carbocycles. The van der Waals surface area contributed by atoms with Gasteiger partial charge < -0.3 is 9.73 Å². The summed E-state index contributed by atoms with van der Waals surface area (Å²) in [5.74, 6) is 0.428. The molecule has 0 unspecified atom stereocenters. The van der Waals surface area contributed by atoms with E-state index in [1.165, 1.54) is 12.1 Å². The summed E-state index contributed by atoms with van der Waals surface area (Å²) in [4.78, 5) is 11.9. The zero-order valence-corrected chi connectivity index (χ0v) is 14.2. The number of amides is 1. The number of carbonyl (C=O) groups is 1. The van der Waals surface area contributed by atoms with Crippen LogP contribution in [0.1, 0.15) is 24.3 Å². The van der Waals surface area contributed by atoms with Crippen LogP contribution in [-0.4, -0.2) is 16.1 Å². The second-order valence-corrected chi connectivity index (χ2v) is 5.85. The Hall–Kier alpha value is -3.16. The minimum absolute atomic E-state index is 0.110. The van der Waals surface area contributed by atoms with Gasteiger partial charge in [0.2, 0.25) is 17.7 Å². The van der Waals surface area contributed by atoms with Gasteiger partial charge in [-0.05, 0) is 36.8 Å². The molecule has 1 amide bonds. The molecule has 0 aliphatic heterocycles. The molecule has 0 spiro atoms. The van der Waals surface area contributed by atoms with Crippen LogP contribution in [0.15, 0.2) is 59.0 Å². The Bertz CT molecular complexity index is 908. The average molecular weight is 375 g/mol. The number of halogens is 3. The highest BCUT2D eigenvalue weighted by Gasteiger charge is 2.30. The van der Waals surface area contributed by atoms with Crippen LogP contribution >= 0.6 is 0 Å². The number of aryl methyl sites for hydroxylation is 1. The van der Waals surface area contributed by atoms with Gasteiger partial charge in [0.1, 0.15) is 0 Å². The number of carbonyl (C=O) groups excluding carboxylic acids is 1. The van der Waals surface area contributed by atoms with E-state index in [4.69, 9.17) is 4.42 Å². The van der Waals surface area contributed by atoms with E-state index in [0.717, 1.165) is 17.7 Å². The number of alkyl halides is 3. The Labute approximate surface area is 153 Å². The third-order valence-corrected chi connectivity index (χ3v) is 3.76. The predicted molar refractivity (Wildman–Crippen MR) is 92.7 cm³/mol. The molecule has 1 heterocycles. The van der Waals surface area contributed by atoms with Gasteiger partial charge in [-0.25, -0.2) is 0 Å². The van der Waals surface area contributed by atoms with Crippen molar-refractivity contribution in [3.63, 3.8) is 0 Å². The molecule has 140 valence electrons. The number of nitrogens with one attached hydrogen (secondary N) is 1. The Kier molecular flexibility index (Phi) is 5.54. The second-order valence-electron chi connectivity index (χ2n) is 5.85. The quantitative estimate of drug-likeness (QED) is 0.677. The van der Waals surface area contributed by atoms with Crippen LogP contribution in [0.25, 0.3) is 11.5 Å². The van der Waals surface area contributed by atoms with Crippen molar-refractivity contribution in [1.82, 2.24) is 10.2 Å². The largest absolute Gasteiger partial charge is 0.421 e. The van der Waals surface area contributed by atoms with Gasteiger partial charge in [-0.2, -0.15) is 13.2 Å². The lowest BCUT2D eigenvalue weighted by Gasteiger charge is -2.09. The highest BCUT2D eigenvalue weighted by molar-refractivity contribution is 5.90. The number of hydrogen-bond donors (Lipinski definition) is 1. The van der Waals surface area contributed by atoms with Crippen molar-refractivity contribution < 1.29 is 22.4 Å². The van der Waals surface area contributed by atoms with Crippen LogP contribution in [0.5, 0.6) is 0 Å². The van der Waals surface area contributed by atoms with Crippen LogP contribution < -0.4 is 5.32 Å². The van der Waals surface area contributed by atoms with Crippen molar-refractivity contribution in [2.75, 3.05) is 5.32 Å². The Morgan fingerprint density at radius 1 is 1.04 bits per heavy atom. The molecule has 3 aromatic rings. The molecule has 27 heavy (non-hydrogen) atoms. The van der Waals surface area contributed by atoms with E-state index in [1.54, 1.807) is 0 Å². The molecule has 3 rings (SSSR count). The van der Waals surface area contributed by atoms with E-state index < -0.39 is 11.7 Å². The van der Waals surface area contributed by atoms with Crippen LogP contribution in [0.2, 0.25) is 0 Å². The van der Waals surface area contributed by atoms with Gasteiger partial charge in [0.25, 0.3) is 0 Å². The summed E-state index contributed by atoms with van der Waals surface area (Å²) in [6, 6.07) is 13.8. The summed E-state index contributed by atoms with van der Waals surface area (Å²) in [6.45, 7) is 0. The Morgan fingerprint density at radius 3 is 2.56 bits per heavy atom. The molecule has 1 aromatic heterocycles. The van der Waals surface area contributed by atoms with E-state index in [1.807, 2.05) is 30.3 Å². The maximum atomic E-state index is 12.7. The lowest BCUT2D eigenvalue weighted by Crippen LogP contribution is -2.13. The summed E-state index contributed by atoms with van der Waals surface area (Å²) in [5.41, 5.74) is 0.108. The number of nitrogens with zero attached hydrogens (tertiary/aromatic N) is 2. The van der Waals surface area contributed by atoms with E-state index >= 15 is 0 Å². The SMILES string of the molecule is O=C(CCCc1nnc(-c2ccccc2)o1)Nc1cccc(C(F)(F)F)c1. The van der Waals surface area contributed by atoms with E-state index in [9.17, 15) is 18.0 Å². The first kappa shape index (κ1) is 18.6. The van der Waals surface area contributed by atoms with Gasteiger partial charge in [-0.15, -0.1) is 10.2 Å². The molecule has 0 saturated heterocycles. The molecule has 1 N–H and O–H groups in total. The number of rotatable bonds is 6. The minimum Gasteiger partial charge on any atom is -0.421 e. The van der Waals surface area contributed by atoms with Crippen molar-refractivity contribution in [3.8, 4) is 11.5 Å². The highest BCUT2D eigenvalue weighted by Crippen LogP contribution is 2.30. The summed E-state index contributed by atoms with van der Waals surface area (Å²) in [5, 5.41) is 10.4. The highest BCUT2D eigenvalue weighted by atomic mass is 19.4. The summed E-state index contributed by atoms with van der Waals surface area (Å²) in [6.07, 6.45) is -3.49. The molecule has 8 heteroatoms. The van der Waals surface area contributed by atoms with Crippen LogP contribution in [0, 0.1) is 0 Å². The molecular formula is C19H16F3N3O2. The second kappa shape index (κ2) is 8.03. The van der Waals surface area contributed by atoms with Crippen molar-refractivity contribution in [3.05, 3.63) is 66.1 Å². The zero-order valence-electron chi connectivity index (χ0n) is 14.2. The van der Waals surface area contributed by atoms with Crippen LogP contribution in [0.3, 0.4) is 0 Å². The number of anilines is 1. The molecule has 0 fully saturated rings. The fourth-order valence-electron chi connectivity index (χ4n) is 2.45. The van der Waals surface area contributed by atoms with Gasteiger partial charge in [0, 0.05) is 24.1 Å². The molecule has 0 radical (unpaired) electrons. The normalized spacial score (nSPS) is 11.4. The fourth-order valence-corrected chi connectivity index (χ4v) is 2.45. The molecule has 5 nitrogen and oxygen atoms in total. The number of benzene rings is 2. The third-order valence-electron chi connectivity index (χ3n) is 3.76. The van der Waals surface area contributed by atoms with Gasteiger partial charge in [0.15, 0.2) is 0 Å². The average Bonchev–Trinajstić information content (AvgIpc) is 3.11.